The Bertz CT molecular complexity index is 1520. The summed E-state index contributed by atoms with van der Waals surface area (Å²) in [6.07, 6.45) is 3.77. The lowest BCUT2D eigenvalue weighted by Crippen LogP contribution is -2.46. The predicted molar refractivity (Wildman–Crippen MR) is 158 cm³/mol. The van der Waals surface area contributed by atoms with Crippen LogP contribution in [-0.4, -0.2) is 36.4 Å². The van der Waals surface area contributed by atoms with Gasteiger partial charge in [-0.25, -0.2) is 4.39 Å². The summed E-state index contributed by atoms with van der Waals surface area (Å²) in [6.45, 7) is 0. The molecule has 10 heteroatoms. The molecule has 1 aromatic heterocycles. The molecule has 1 aliphatic carbocycles. The molecule has 0 unspecified atom stereocenters. The number of carbonyl (C=O) groups excluding carboxylic acids is 2. The SMILES string of the molecule is COc1ccc(-c2nsc(C(=O)N(c3cccc(F)c3)[C@H](C(=O)NC3CCCC3)c3ccc(OC)cc3)c2N)cc1. The van der Waals surface area contributed by atoms with Gasteiger partial charge in [-0.3, -0.25) is 14.5 Å². The van der Waals surface area contributed by atoms with Gasteiger partial charge in [0.15, 0.2) is 0 Å². The summed E-state index contributed by atoms with van der Waals surface area (Å²) in [6, 6.07) is 18.6. The highest BCUT2D eigenvalue weighted by atomic mass is 32.1. The Balaban J connectivity index is 1.60. The fraction of sp³-hybridized carbons (Fsp3) is 0.258. The molecule has 8 nitrogen and oxygen atoms in total. The Hall–Kier alpha value is -4.44. The summed E-state index contributed by atoms with van der Waals surface area (Å²) in [5, 5.41) is 3.12. The minimum Gasteiger partial charge on any atom is -0.497 e. The number of benzene rings is 3. The van der Waals surface area contributed by atoms with Crippen molar-refractivity contribution in [3.63, 3.8) is 0 Å². The summed E-state index contributed by atoms with van der Waals surface area (Å²) >= 11 is 0.937. The highest BCUT2D eigenvalue weighted by molar-refractivity contribution is 7.09. The Morgan fingerprint density at radius 3 is 2.24 bits per heavy atom. The number of nitrogens with one attached hydrogen (secondary N) is 1. The molecule has 4 aromatic rings. The van der Waals surface area contributed by atoms with Crippen molar-refractivity contribution in [3.8, 4) is 22.8 Å². The fourth-order valence-electron chi connectivity index (χ4n) is 5.08. The minimum absolute atomic E-state index is 0.00265. The summed E-state index contributed by atoms with van der Waals surface area (Å²) in [4.78, 5) is 29.8. The highest BCUT2D eigenvalue weighted by Gasteiger charge is 2.37. The summed E-state index contributed by atoms with van der Waals surface area (Å²) in [7, 11) is 3.13. The Morgan fingerprint density at radius 2 is 1.63 bits per heavy atom. The van der Waals surface area contributed by atoms with Crippen molar-refractivity contribution in [2.75, 3.05) is 24.9 Å². The molecular formula is C31H31FN4O4S. The maximum Gasteiger partial charge on any atom is 0.273 e. The average Bonchev–Trinajstić information content (AvgIpc) is 3.65. The van der Waals surface area contributed by atoms with Gasteiger partial charge in [-0.1, -0.05) is 31.0 Å². The monoisotopic (exact) mass is 574 g/mol. The van der Waals surface area contributed by atoms with E-state index in [9.17, 15) is 14.0 Å². The maximum atomic E-state index is 14.6. The molecule has 212 valence electrons. The second kappa shape index (κ2) is 12.4. The number of nitrogen functional groups attached to an aromatic ring is 1. The van der Waals surface area contributed by atoms with E-state index in [0.29, 0.717) is 28.3 Å². The standard InChI is InChI=1S/C31H31FN4O4S/c1-39-24-14-10-19(11-15-24)27-26(33)29(41-35-27)31(38)36(23-9-5-6-21(32)18-23)28(20-12-16-25(40-2)17-13-20)30(37)34-22-7-3-4-8-22/h5-6,9-18,22,28H,3-4,7-8,33H2,1-2H3,(H,34,37)/t28-/m0/s1. The van der Waals surface area contributed by atoms with E-state index in [1.165, 1.54) is 23.1 Å². The lowest BCUT2D eigenvalue weighted by atomic mass is 10.0. The van der Waals surface area contributed by atoms with Gasteiger partial charge in [0.05, 0.1) is 19.9 Å². The Kier molecular flexibility index (Phi) is 8.49. The molecule has 1 saturated carbocycles. The number of rotatable bonds is 9. The molecule has 3 N–H and O–H groups in total. The zero-order valence-corrected chi connectivity index (χ0v) is 23.6. The smallest absolute Gasteiger partial charge is 0.273 e. The third-order valence-electron chi connectivity index (χ3n) is 7.23. The summed E-state index contributed by atoms with van der Waals surface area (Å²) in [5.74, 6) is -0.193. The van der Waals surface area contributed by atoms with Crippen molar-refractivity contribution in [1.82, 2.24) is 9.69 Å². The third-order valence-corrected chi connectivity index (χ3v) is 8.08. The van der Waals surface area contributed by atoms with Crippen LogP contribution in [0.3, 0.4) is 0 Å². The molecule has 41 heavy (non-hydrogen) atoms. The van der Waals surface area contributed by atoms with Crippen molar-refractivity contribution in [2.45, 2.75) is 37.8 Å². The van der Waals surface area contributed by atoms with Crippen LogP contribution >= 0.6 is 11.5 Å². The number of aromatic nitrogens is 1. The normalized spacial score (nSPS) is 13.9. The lowest BCUT2D eigenvalue weighted by Gasteiger charge is -2.32. The van der Waals surface area contributed by atoms with Gasteiger partial charge in [-0.2, -0.15) is 4.37 Å². The molecule has 1 atom stereocenters. The lowest BCUT2D eigenvalue weighted by molar-refractivity contribution is -0.123. The maximum absolute atomic E-state index is 14.6. The van der Waals surface area contributed by atoms with E-state index in [0.717, 1.165) is 37.2 Å². The van der Waals surface area contributed by atoms with Crippen molar-refractivity contribution < 1.29 is 23.5 Å². The molecule has 1 heterocycles. The van der Waals surface area contributed by atoms with Crippen LogP contribution in [0, 0.1) is 5.82 Å². The quantitative estimate of drug-likeness (QED) is 0.254. The second-order valence-corrected chi connectivity index (χ2v) is 10.6. The van der Waals surface area contributed by atoms with Gasteiger partial charge >= 0.3 is 0 Å². The van der Waals surface area contributed by atoms with Gasteiger partial charge in [0, 0.05) is 17.3 Å². The third kappa shape index (κ3) is 6.02. The second-order valence-electron chi connectivity index (χ2n) is 9.82. The topological polar surface area (TPSA) is 107 Å². The van der Waals surface area contributed by atoms with Crippen LogP contribution in [0.1, 0.15) is 47.0 Å². The minimum atomic E-state index is -1.11. The summed E-state index contributed by atoms with van der Waals surface area (Å²) in [5.41, 5.74) is 8.60. The molecule has 0 saturated heterocycles. The first-order valence-electron chi connectivity index (χ1n) is 13.3. The molecular weight excluding hydrogens is 543 g/mol. The predicted octanol–water partition coefficient (Wildman–Crippen LogP) is 6.00. The van der Waals surface area contributed by atoms with E-state index in [1.807, 2.05) is 0 Å². The molecule has 1 fully saturated rings. The van der Waals surface area contributed by atoms with Gasteiger partial charge in [0.25, 0.3) is 5.91 Å². The van der Waals surface area contributed by atoms with Crippen molar-refractivity contribution >= 4 is 34.7 Å². The number of nitrogens with two attached hydrogens (primary N) is 1. The van der Waals surface area contributed by atoms with Crippen LogP contribution in [-0.2, 0) is 4.79 Å². The van der Waals surface area contributed by atoms with Crippen LogP contribution in [0.4, 0.5) is 15.8 Å². The van der Waals surface area contributed by atoms with Crippen LogP contribution in [0.5, 0.6) is 11.5 Å². The number of amides is 2. The molecule has 2 amide bonds. The van der Waals surface area contributed by atoms with Gasteiger partial charge in [0.2, 0.25) is 5.91 Å². The first-order valence-corrected chi connectivity index (χ1v) is 14.1. The van der Waals surface area contributed by atoms with E-state index >= 15 is 0 Å². The number of nitrogens with zero attached hydrogens (tertiary/aromatic N) is 2. The van der Waals surface area contributed by atoms with Crippen LogP contribution in [0.25, 0.3) is 11.3 Å². The first-order chi connectivity index (χ1) is 19.9. The van der Waals surface area contributed by atoms with E-state index in [1.54, 1.807) is 68.8 Å². The number of hydrogen-bond donors (Lipinski definition) is 2. The van der Waals surface area contributed by atoms with Gasteiger partial charge in [-0.05, 0) is 84.5 Å². The van der Waals surface area contributed by atoms with Crippen molar-refractivity contribution in [1.29, 1.82) is 0 Å². The largest absolute Gasteiger partial charge is 0.497 e. The fourth-order valence-corrected chi connectivity index (χ4v) is 5.84. The zero-order valence-electron chi connectivity index (χ0n) is 22.8. The Morgan fingerprint density at radius 1 is 1.00 bits per heavy atom. The number of ether oxygens (including phenoxy) is 2. The molecule has 0 spiro atoms. The van der Waals surface area contributed by atoms with Gasteiger partial charge < -0.3 is 20.5 Å². The van der Waals surface area contributed by atoms with Gasteiger partial charge in [-0.15, -0.1) is 0 Å². The Labute approximate surface area is 242 Å². The van der Waals surface area contributed by atoms with E-state index in [-0.39, 0.29) is 28.2 Å². The van der Waals surface area contributed by atoms with Gasteiger partial charge in [0.1, 0.15) is 33.9 Å². The number of carbonyl (C=O) groups is 2. The average molecular weight is 575 g/mol. The van der Waals surface area contributed by atoms with E-state index in [2.05, 4.69) is 9.69 Å². The molecule has 0 aliphatic heterocycles. The van der Waals surface area contributed by atoms with Crippen molar-refractivity contribution in [2.24, 2.45) is 0 Å². The molecule has 0 bridgehead atoms. The number of methoxy groups -OCH3 is 2. The number of anilines is 2. The van der Waals surface area contributed by atoms with E-state index < -0.39 is 17.8 Å². The highest BCUT2D eigenvalue weighted by Crippen LogP contribution is 2.37. The van der Waals surface area contributed by atoms with Crippen LogP contribution in [0.15, 0.2) is 72.8 Å². The van der Waals surface area contributed by atoms with Crippen LogP contribution < -0.4 is 25.4 Å². The first kappa shape index (κ1) is 28.1. The molecule has 3 aromatic carbocycles. The molecule has 1 aliphatic rings. The number of hydrogen-bond acceptors (Lipinski definition) is 7. The van der Waals surface area contributed by atoms with E-state index in [4.69, 9.17) is 15.2 Å². The number of halogens is 1. The summed E-state index contributed by atoms with van der Waals surface area (Å²) < 4.78 is 29.6. The molecule has 0 radical (unpaired) electrons. The zero-order chi connectivity index (χ0) is 28.9. The van der Waals surface area contributed by atoms with Crippen molar-refractivity contribution in [3.05, 3.63) is 89.1 Å². The molecule has 5 rings (SSSR count). The van der Waals surface area contributed by atoms with Crippen LogP contribution in [0.2, 0.25) is 0 Å².